The third-order valence-electron chi connectivity index (χ3n) is 4.47. The molecule has 4 rings (SSSR count). The summed E-state index contributed by atoms with van der Waals surface area (Å²) in [6.45, 7) is 1.86. The Bertz CT molecular complexity index is 892. The molecule has 0 amide bonds. The maximum Gasteiger partial charge on any atom is 0.223 e. The Labute approximate surface area is 162 Å². The van der Waals surface area contributed by atoms with Gasteiger partial charge in [0.1, 0.15) is 0 Å². The largest absolute Gasteiger partial charge is 0.340 e. The van der Waals surface area contributed by atoms with Crippen LogP contribution in [0.25, 0.3) is 0 Å². The van der Waals surface area contributed by atoms with Crippen LogP contribution in [0.5, 0.6) is 0 Å². The third-order valence-corrected chi connectivity index (χ3v) is 5.21. The summed E-state index contributed by atoms with van der Waals surface area (Å²) < 4.78 is 14.2. The highest BCUT2D eigenvalue weighted by molar-refractivity contribution is 6.42. The van der Waals surface area contributed by atoms with Crippen LogP contribution in [0.15, 0.2) is 73.1 Å². The second kappa shape index (κ2) is 7.37. The molecule has 132 valence electrons. The zero-order valence-corrected chi connectivity index (χ0v) is 15.6. The van der Waals surface area contributed by atoms with Crippen LogP contribution < -0.4 is 4.57 Å². The molecule has 0 N–H and O–H groups in total. The highest BCUT2D eigenvalue weighted by Gasteiger charge is 2.41. The van der Waals surface area contributed by atoms with E-state index in [1.807, 2.05) is 48.8 Å². The fourth-order valence-electron chi connectivity index (χ4n) is 3.19. The van der Waals surface area contributed by atoms with Gasteiger partial charge in [-0.2, -0.15) is 0 Å². The normalized spacial score (nSPS) is 15.9. The van der Waals surface area contributed by atoms with Crippen molar-refractivity contribution >= 4 is 23.2 Å². The van der Waals surface area contributed by atoms with E-state index < -0.39 is 5.79 Å². The standard InChI is InChI=1S/C21H18Cl2NO2/c22-19-7-6-18(14-20(19)23)21(25-12-13-26-21)17-8-10-24(11-9-17)15-16-4-2-1-3-5-16/h1-11,14H,12-13,15H2/q+1. The molecule has 1 fully saturated rings. The van der Waals surface area contributed by atoms with Gasteiger partial charge in [0.25, 0.3) is 0 Å². The summed E-state index contributed by atoms with van der Waals surface area (Å²) >= 11 is 12.3. The number of rotatable bonds is 4. The van der Waals surface area contributed by atoms with Crippen molar-refractivity contribution in [1.82, 2.24) is 0 Å². The van der Waals surface area contributed by atoms with Gasteiger partial charge in [0.15, 0.2) is 18.9 Å². The van der Waals surface area contributed by atoms with E-state index in [0.717, 1.165) is 17.7 Å². The lowest BCUT2D eigenvalue weighted by Gasteiger charge is -2.28. The topological polar surface area (TPSA) is 22.3 Å². The zero-order valence-electron chi connectivity index (χ0n) is 14.1. The van der Waals surface area contributed by atoms with Crippen molar-refractivity contribution in [1.29, 1.82) is 0 Å². The summed E-state index contributed by atoms with van der Waals surface area (Å²) in [5, 5.41) is 0.995. The van der Waals surface area contributed by atoms with Crippen molar-refractivity contribution in [3.63, 3.8) is 0 Å². The summed E-state index contributed by atoms with van der Waals surface area (Å²) in [5.74, 6) is -0.944. The number of nitrogens with zero attached hydrogens (tertiary/aromatic N) is 1. The Morgan fingerprint density at radius 1 is 0.808 bits per heavy atom. The molecule has 3 nitrogen and oxygen atoms in total. The average Bonchev–Trinajstić information content (AvgIpc) is 3.16. The fourth-order valence-corrected chi connectivity index (χ4v) is 3.49. The molecule has 1 aromatic heterocycles. The van der Waals surface area contributed by atoms with Crippen molar-refractivity contribution in [2.24, 2.45) is 0 Å². The van der Waals surface area contributed by atoms with Crippen molar-refractivity contribution in [2.45, 2.75) is 12.3 Å². The third kappa shape index (κ3) is 3.36. The Hall–Kier alpha value is -1.91. The van der Waals surface area contributed by atoms with Crippen LogP contribution in [0.3, 0.4) is 0 Å². The molecule has 2 heterocycles. The Morgan fingerprint density at radius 3 is 2.15 bits per heavy atom. The van der Waals surface area contributed by atoms with E-state index in [1.165, 1.54) is 5.56 Å². The molecule has 0 unspecified atom stereocenters. The second-order valence-corrected chi connectivity index (χ2v) is 7.00. The van der Waals surface area contributed by atoms with Crippen LogP contribution in [0, 0.1) is 0 Å². The number of pyridine rings is 1. The molecule has 26 heavy (non-hydrogen) atoms. The molecule has 1 aliphatic rings. The first kappa shape index (κ1) is 17.5. The van der Waals surface area contributed by atoms with Gasteiger partial charge in [0.2, 0.25) is 5.79 Å². The Morgan fingerprint density at radius 2 is 1.50 bits per heavy atom. The van der Waals surface area contributed by atoms with Crippen molar-refractivity contribution in [2.75, 3.05) is 13.2 Å². The molecule has 2 aromatic carbocycles. The summed E-state index contributed by atoms with van der Waals surface area (Å²) in [6.07, 6.45) is 4.07. The van der Waals surface area contributed by atoms with Crippen molar-refractivity contribution < 1.29 is 14.0 Å². The first-order valence-corrected chi connectivity index (χ1v) is 9.20. The number of aromatic nitrogens is 1. The van der Waals surface area contributed by atoms with Gasteiger partial charge in [0, 0.05) is 28.8 Å². The molecule has 0 radical (unpaired) electrons. The van der Waals surface area contributed by atoms with E-state index in [9.17, 15) is 0 Å². The molecule has 5 heteroatoms. The average molecular weight is 387 g/mol. The van der Waals surface area contributed by atoms with Crippen LogP contribution in [0.2, 0.25) is 10.0 Å². The molecule has 3 aromatic rings. The molecule has 0 spiro atoms. The van der Waals surface area contributed by atoms with Gasteiger partial charge < -0.3 is 9.47 Å². The summed E-state index contributed by atoms with van der Waals surface area (Å²) in [5.41, 5.74) is 3.01. The zero-order chi connectivity index (χ0) is 18.0. The van der Waals surface area contributed by atoms with Gasteiger partial charge in [-0.05, 0) is 12.1 Å². The molecule has 1 saturated heterocycles. The summed E-state index contributed by atoms with van der Waals surface area (Å²) in [7, 11) is 0. The predicted octanol–water partition coefficient (Wildman–Crippen LogP) is 4.58. The molecular weight excluding hydrogens is 369 g/mol. The molecule has 0 atom stereocenters. The van der Waals surface area contributed by atoms with Crippen LogP contribution in [-0.4, -0.2) is 13.2 Å². The number of benzene rings is 2. The van der Waals surface area contributed by atoms with Crippen LogP contribution in [0.1, 0.15) is 16.7 Å². The molecule has 0 bridgehead atoms. The minimum absolute atomic E-state index is 0.484. The summed E-state index contributed by atoms with van der Waals surface area (Å²) in [4.78, 5) is 0. The van der Waals surface area contributed by atoms with E-state index in [1.54, 1.807) is 12.1 Å². The predicted molar refractivity (Wildman–Crippen MR) is 101 cm³/mol. The maximum atomic E-state index is 6.21. The molecule has 0 saturated carbocycles. The van der Waals surface area contributed by atoms with Crippen molar-refractivity contribution in [3.05, 3.63) is 99.8 Å². The maximum absolute atomic E-state index is 6.21. The Balaban J connectivity index is 1.66. The minimum atomic E-state index is -0.944. The van der Waals surface area contributed by atoms with Gasteiger partial charge in [0.05, 0.1) is 23.3 Å². The lowest BCUT2D eigenvalue weighted by atomic mass is 9.98. The van der Waals surface area contributed by atoms with Gasteiger partial charge in [-0.25, -0.2) is 4.57 Å². The summed E-state index contributed by atoms with van der Waals surface area (Å²) in [6, 6.07) is 19.9. The Kier molecular flexibility index (Phi) is 4.96. The van der Waals surface area contributed by atoms with E-state index in [-0.39, 0.29) is 0 Å². The monoisotopic (exact) mass is 386 g/mol. The first-order chi connectivity index (χ1) is 12.7. The first-order valence-electron chi connectivity index (χ1n) is 8.44. The van der Waals surface area contributed by atoms with Gasteiger partial charge in [-0.1, -0.05) is 59.6 Å². The van der Waals surface area contributed by atoms with Gasteiger partial charge in [-0.15, -0.1) is 0 Å². The lowest BCUT2D eigenvalue weighted by Crippen LogP contribution is -2.35. The SMILES string of the molecule is Clc1ccc(C2(c3cc[n+](Cc4ccccc4)cc3)OCCO2)cc1Cl. The highest BCUT2D eigenvalue weighted by Crippen LogP contribution is 2.40. The van der Waals surface area contributed by atoms with Crippen LogP contribution in [-0.2, 0) is 21.8 Å². The lowest BCUT2D eigenvalue weighted by molar-refractivity contribution is -0.688. The number of ether oxygens (including phenoxy) is 2. The van der Waals surface area contributed by atoms with Crippen LogP contribution in [0.4, 0.5) is 0 Å². The number of hydrogen-bond donors (Lipinski definition) is 0. The van der Waals surface area contributed by atoms with Crippen LogP contribution >= 0.6 is 23.2 Å². The number of hydrogen-bond acceptors (Lipinski definition) is 2. The molecule has 1 aliphatic heterocycles. The smallest absolute Gasteiger partial charge is 0.223 e. The fraction of sp³-hybridized carbons (Fsp3) is 0.190. The quantitative estimate of drug-likeness (QED) is 0.612. The number of halogens is 2. The van der Waals surface area contributed by atoms with E-state index in [0.29, 0.717) is 23.3 Å². The van der Waals surface area contributed by atoms with Gasteiger partial charge in [-0.3, -0.25) is 0 Å². The van der Waals surface area contributed by atoms with Crippen molar-refractivity contribution in [3.8, 4) is 0 Å². The highest BCUT2D eigenvalue weighted by atomic mass is 35.5. The second-order valence-electron chi connectivity index (χ2n) is 6.19. The molecule has 0 aliphatic carbocycles. The van der Waals surface area contributed by atoms with E-state index in [4.69, 9.17) is 32.7 Å². The molecular formula is C21H18Cl2NO2+. The minimum Gasteiger partial charge on any atom is -0.340 e. The van der Waals surface area contributed by atoms with E-state index >= 15 is 0 Å². The van der Waals surface area contributed by atoms with E-state index in [2.05, 4.69) is 16.7 Å². The van der Waals surface area contributed by atoms with Gasteiger partial charge >= 0.3 is 0 Å².